The van der Waals surface area contributed by atoms with Gasteiger partial charge in [-0.25, -0.2) is 0 Å². The predicted molar refractivity (Wildman–Crippen MR) is 81.7 cm³/mol. The van der Waals surface area contributed by atoms with Crippen LogP contribution in [0, 0.1) is 0 Å². The van der Waals surface area contributed by atoms with Crippen LogP contribution in [0.1, 0.15) is 47.7 Å². The van der Waals surface area contributed by atoms with Crippen molar-refractivity contribution in [2.24, 2.45) is 0 Å². The number of nitrogens with one attached hydrogen (secondary N) is 2. The Morgan fingerprint density at radius 3 is 2.52 bits per heavy atom. The third-order valence-corrected chi connectivity index (χ3v) is 4.00. The highest BCUT2D eigenvalue weighted by molar-refractivity contribution is 6.06. The fourth-order valence-electron chi connectivity index (χ4n) is 2.53. The summed E-state index contributed by atoms with van der Waals surface area (Å²) in [6, 6.07) is 10.2. The number of hydrogen-bond donors (Lipinski definition) is 2. The molecule has 4 rings (SSSR count). The van der Waals surface area contributed by atoms with Crippen molar-refractivity contribution in [3.63, 3.8) is 0 Å². The summed E-state index contributed by atoms with van der Waals surface area (Å²) in [4.78, 5) is 12.5. The molecule has 0 bridgehead atoms. The lowest BCUT2D eigenvalue weighted by Gasteiger charge is -2.12. The molecule has 0 radical (unpaired) electrons. The van der Waals surface area contributed by atoms with E-state index in [4.69, 9.17) is 4.42 Å². The molecule has 21 heavy (non-hydrogen) atoms. The van der Waals surface area contributed by atoms with E-state index in [9.17, 15) is 4.79 Å². The van der Waals surface area contributed by atoms with Crippen LogP contribution in [0.4, 0.5) is 11.4 Å². The Kier molecular flexibility index (Phi) is 2.95. The molecule has 2 aliphatic rings. The number of carbonyl (C=O) groups is 1. The molecule has 4 heteroatoms. The zero-order valence-corrected chi connectivity index (χ0v) is 11.8. The summed E-state index contributed by atoms with van der Waals surface area (Å²) >= 11 is 0. The Labute approximate surface area is 123 Å². The number of carbonyl (C=O) groups excluding carboxylic acids is 1. The minimum atomic E-state index is -0.0873. The van der Waals surface area contributed by atoms with Crippen molar-refractivity contribution in [3.05, 3.63) is 47.9 Å². The van der Waals surface area contributed by atoms with Crippen LogP contribution in [0.15, 0.2) is 41.0 Å². The highest BCUT2D eigenvalue weighted by Gasteiger charge is 2.31. The van der Waals surface area contributed by atoms with E-state index in [1.165, 1.54) is 12.8 Å². The van der Waals surface area contributed by atoms with E-state index >= 15 is 0 Å². The maximum absolute atomic E-state index is 12.5. The smallest absolute Gasteiger partial charge is 0.259 e. The fourth-order valence-corrected chi connectivity index (χ4v) is 2.53. The predicted octanol–water partition coefficient (Wildman–Crippen LogP) is 3.98. The van der Waals surface area contributed by atoms with Gasteiger partial charge in [-0.05, 0) is 43.9 Å². The van der Waals surface area contributed by atoms with Crippen molar-refractivity contribution in [1.29, 1.82) is 0 Å². The number of amides is 1. The van der Waals surface area contributed by atoms with Crippen LogP contribution in [0.2, 0.25) is 0 Å². The van der Waals surface area contributed by atoms with Crippen molar-refractivity contribution >= 4 is 17.3 Å². The topological polar surface area (TPSA) is 54.3 Å². The Bertz CT molecular complexity index is 669. The number of anilines is 2. The third kappa shape index (κ3) is 2.66. The van der Waals surface area contributed by atoms with Gasteiger partial charge in [0.2, 0.25) is 0 Å². The average molecular weight is 282 g/mol. The largest absolute Gasteiger partial charge is 0.468 e. The molecule has 0 aliphatic heterocycles. The molecule has 1 heterocycles. The van der Waals surface area contributed by atoms with Gasteiger partial charge in [-0.3, -0.25) is 4.79 Å². The van der Waals surface area contributed by atoms with Crippen LogP contribution in [0.5, 0.6) is 0 Å². The van der Waals surface area contributed by atoms with Gasteiger partial charge in [-0.1, -0.05) is 12.1 Å². The molecule has 2 saturated carbocycles. The second-order valence-electron chi connectivity index (χ2n) is 5.89. The molecule has 0 saturated heterocycles. The minimum absolute atomic E-state index is 0.0873. The molecule has 0 spiro atoms. The van der Waals surface area contributed by atoms with Gasteiger partial charge >= 0.3 is 0 Å². The monoisotopic (exact) mass is 282 g/mol. The zero-order chi connectivity index (χ0) is 14.2. The van der Waals surface area contributed by atoms with E-state index in [1.807, 2.05) is 24.3 Å². The van der Waals surface area contributed by atoms with Crippen molar-refractivity contribution in [1.82, 2.24) is 0 Å². The van der Waals surface area contributed by atoms with Gasteiger partial charge in [0.05, 0.1) is 23.2 Å². The van der Waals surface area contributed by atoms with Crippen molar-refractivity contribution in [3.8, 4) is 0 Å². The minimum Gasteiger partial charge on any atom is -0.468 e. The summed E-state index contributed by atoms with van der Waals surface area (Å²) < 4.78 is 5.48. The number of para-hydroxylation sites is 2. The standard InChI is InChI=1S/C17H18N2O2/c20-17(13-9-10-21-16(13)11-5-6-11)19-15-4-2-1-3-14(15)18-12-7-8-12/h1-4,9-12,18H,5-8H2,(H,19,20). The lowest BCUT2D eigenvalue weighted by Crippen LogP contribution is -2.14. The van der Waals surface area contributed by atoms with E-state index in [-0.39, 0.29) is 5.91 Å². The SMILES string of the molecule is O=C(Nc1ccccc1NC1CC1)c1ccoc1C1CC1. The third-order valence-electron chi connectivity index (χ3n) is 4.00. The van der Waals surface area contributed by atoms with Crippen molar-refractivity contribution < 1.29 is 9.21 Å². The van der Waals surface area contributed by atoms with Gasteiger partial charge in [-0.15, -0.1) is 0 Å². The summed E-state index contributed by atoms with van der Waals surface area (Å²) in [6.45, 7) is 0. The molecule has 2 N–H and O–H groups in total. The maximum atomic E-state index is 12.5. The number of rotatable bonds is 5. The van der Waals surface area contributed by atoms with E-state index in [0.717, 1.165) is 30.0 Å². The van der Waals surface area contributed by atoms with Gasteiger partial charge in [0.25, 0.3) is 5.91 Å². The number of furan rings is 1. The first-order valence-electron chi connectivity index (χ1n) is 7.55. The average Bonchev–Trinajstić information content (AvgIpc) is 3.42. The molecule has 2 fully saturated rings. The van der Waals surface area contributed by atoms with Gasteiger partial charge in [0.1, 0.15) is 5.76 Å². The van der Waals surface area contributed by atoms with Crippen LogP contribution in [-0.2, 0) is 0 Å². The first-order valence-corrected chi connectivity index (χ1v) is 7.55. The van der Waals surface area contributed by atoms with Crippen LogP contribution in [0.25, 0.3) is 0 Å². The van der Waals surface area contributed by atoms with E-state index < -0.39 is 0 Å². The molecule has 1 aromatic heterocycles. The Hall–Kier alpha value is -2.23. The summed E-state index contributed by atoms with van der Waals surface area (Å²) in [5, 5.41) is 6.45. The zero-order valence-electron chi connectivity index (χ0n) is 11.8. The highest BCUT2D eigenvalue weighted by Crippen LogP contribution is 2.42. The molecule has 1 aromatic carbocycles. The van der Waals surface area contributed by atoms with Gasteiger partial charge in [0, 0.05) is 12.0 Å². The second-order valence-corrected chi connectivity index (χ2v) is 5.89. The van der Waals surface area contributed by atoms with E-state index in [0.29, 0.717) is 17.5 Å². The van der Waals surface area contributed by atoms with Crippen molar-refractivity contribution in [2.45, 2.75) is 37.6 Å². The Morgan fingerprint density at radius 1 is 1.05 bits per heavy atom. The second kappa shape index (κ2) is 4.95. The lowest BCUT2D eigenvalue weighted by atomic mass is 10.1. The first kappa shape index (κ1) is 12.5. The molecule has 2 aliphatic carbocycles. The molecule has 0 atom stereocenters. The summed E-state index contributed by atoms with van der Waals surface area (Å²) in [6.07, 6.45) is 6.25. The molecule has 108 valence electrons. The molecule has 0 unspecified atom stereocenters. The van der Waals surface area contributed by atoms with Crippen molar-refractivity contribution in [2.75, 3.05) is 10.6 Å². The summed E-state index contributed by atoms with van der Waals surface area (Å²) in [5.74, 6) is 1.18. The highest BCUT2D eigenvalue weighted by atomic mass is 16.3. The van der Waals surface area contributed by atoms with Crippen LogP contribution >= 0.6 is 0 Å². The van der Waals surface area contributed by atoms with Gasteiger partial charge in [-0.2, -0.15) is 0 Å². The molecular weight excluding hydrogens is 264 g/mol. The molecular formula is C17H18N2O2. The van der Waals surface area contributed by atoms with E-state index in [1.54, 1.807) is 12.3 Å². The quantitative estimate of drug-likeness (QED) is 0.872. The number of hydrogen-bond acceptors (Lipinski definition) is 3. The molecule has 1 amide bonds. The Morgan fingerprint density at radius 2 is 1.81 bits per heavy atom. The fraction of sp³-hybridized carbons (Fsp3) is 0.353. The summed E-state index contributed by atoms with van der Waals surface area (Å²) in [5.41, 5.74) is 2.49. The lowest BCUT2D eigenvalue weighted by molar-refractivity contribution is 0.102. The number of benzene rings is 1. The normalized spacial score (nSPS) is 17.5. The maximum Gasteiger partial charge on any atom is 0.259 e. The molecule has 2 aromatic rings. The molecule has 4 nitrogen and oxygen atoms in total. The summed E-state index contributed by atoms with van der Waals surface area (Å²) in [7, 11) is 0. The van der Waals surface area contributed by atoms with Gasteiger partial charge in [0.15, 0.2) is 0 Å². The van der Waals surface area contributed by atoms with Crippen LogP contribution in [0.3, 0.4) is 0 Å². The van der Waals surface area contributed by atoms with E-state index in [2.05, 4.69) is 10.6 Å². The Balaban J connectivity index is 1.54. The van der Waals surface area contributed by atoms with Crippen LogP contribution < -0.4 is 10.6 Å². The van der Waals surface area contributed by atoms with Crippen LogP contribution in [-0.4, -0.2) is 11.9 Å². The first-order chi connectivity index (χ1) is 10.3. The van der Waals surface area contributed by atoms with Gasteiger partial charge < -0.3 is 15.1 Å².